The number of esters is 2. The quantitative estimate of drug-likeness (QED) is 0.0293. The first-order valence-electron chi connectivity index (χ1n) is 16.9. The monoisotopic (exact) mass is 660 g/mol. The van der Waals surface area contributed by atoms with Crippen LogP contribution in [0.5, 0.6) is 0 Å². The molecule has 0 aliphatic carbocycles. The van der Waals surface area contributed by atoms with E-state index >= 15 is 0 Å². The SMILES string of the molecule is CC/C=C\C/C=C\C/C=C\CCCCCCCCCC(=O)OC(CO)COP(=O)(O)OCC(CO)OC(=O)CCCCCCC. The molecule has 45 heavy (non-hydrogen) atoms. The Morgan fingerprint density at radius 3 is 1.51 bits per heavy atom. The first-order valence-corrected chi connectivity index (χ1v) is 18.4. The zero-order valence-electron chi connectivity index (χ0n) is 27.8. The van der Waals surface area contributed by atoms with Crippen LogP contribution in [0.1, 0.15) is 129 Å². The molecule has 11 heteroatoms. The van der Waals surface area contributed by atoms with Crippen molar-refractivity contribution in [3.8, 4) is 0 Å². The lowest BCUT2D eigenvalue weighted by Crippen LogP contribution is -2.28. The van der Waals surface area contributed by atoms with Crippen LogP contribution in [0.2, 0.25) is 0 Å². The van der Waals surface area contributed by atoms with Crippen molar-refractivity contribution in [2.75, 3.05) is 26.4 Å². The van der Waals surface area contributed by atoms with Crippen molar-refractivity contribution in [2.24, 2.45) is 0 Å². The number of carbonyl (C=O) groups is 2. The van der Waals surface area contributed by atoms with Crippen LogP contribution in [0, 0.1) is 0 Å². The number of phosphoric ester groups is 1. The zero-order valence-corrected chi connectivity index (χ0v) is 28.7. The zero-order chi connectivity index (χ0) is 33.4. The molecular weight excluding hydrogens is 599 g/mol. The summed E-state index contributed by atoms with van der Waals surface area (Å²) in [6.07, 6.45) is 27.5. The molecule has 0 fully saturated rings. The van der Waals surface area contributed by atoms with E-state index in [1.54, 1.807) is 0 Å². The van der Waals surface area contributed by atoms with Gasteiger partial charge in [-0.05, 0) is 44.9 Å². The fourth-order valence-electron chi connectivity index (χ4n) is 4.24. The number of allylic oxidation sites excluding steroid dienone is 6. The van der Waals surface area contributed by atoms with Gasteiger partial charge in [-0.15, -0.1) is 0 Å². The molecule has 0 aliphatic heterocycles. The number of rotatable bonds is 31. The maximum atomic E-state index is 12.2. The average molecular weight is 661 g/mol. The average Bonchev–Trinajstić information content (AvgIpc) is 3.02. The van der Waals surface area contributed by atoms with Gasteiger partial charge in [0.25, 0.3) is 0 Å². The molecule has 0 aromatic heterocycles. The summed E-state index contributed by atoms with van der Waals surface area (Å²) in [6, 6.07) is 0. The van der Waals surface area contributed by atoms with Gasteiger partial charge in [0.1, 0.15) is 12.2 Å². The molecule has 10 nitrogen and oxygen atoms in total. The minimum absolute atomic E-state index is 0.181. The Kier molecular flexibility index (Phi) is 29.6. The maximum absolute atomic E-state index is 12.2. The molecule has 0 saturated heterocycles. The van der Waals surface area contributed by atoms with E-state index in [4.69, 9.17) is 18.5 Å². The molecule has 0 aromatic rings. The van der Waals surface area contributed by atoms with Gasteiger partial charge in [-0.25, -0.2) is 4.57 Å². The molecule has 0 saturated carbocycles. The van der Waals surface area contributed by atoms with Crippen LogP contribution in [-0.2, 0) is 32.7 Å². The van der Waals surface area contributed by atoms with Crippen molar-refractivity contribution in [1.82, 2.24) is 0 Å². The van der Waals surface area contributed by atoms with Gasteiger partial charge in [0.15, 0.2) is 0 Å². The summed E-state index contributed by atoms with van der Waals surface area (Å²) in [6.45, 7) is 1.94. The summed E-state index contributed by atoms with van der Waals surface area (Å²) in [5, 5.41) is 18.9. The third-order valence-electron chi connectivity index (χ3n) is 6.87. The third kappa shape index (κ3) is 29.3. The Morgan fingerprint density at radius 1 is 0.622 bits per heavy atom. The van der Waals surface area contributed by atoms with Crippen molar-refractivity contribution in [1.29, 1.82) is 0 Å². The molecule has 0 aliphatic rings. The van der Waals surface area contributed by atoms with Gasteiger partial charge < -0.3 is 24.6 Å². The molecule has 0 spiro atoms. The van der Waals surface area contributed by atoms with E-state index in [1.165, 1.54) is 12.8 Å². The minimum atomic E-state index is -4.62. The van der Waals surface area contributed by atoms with Crippen LogP contribution in [-0.4, -0.2) is 65.7 Å². The van der Waals surface area contributed by atoms with Crippen LogP contribution in [0.15, 0.2) is 36.5 Å². The Morgan fingerprint density at radius 2 is 1.04 bits per heavy atom. The van der Waals surface area contributed by atoms with E-state index in [2.05, 4.69) is 50.3 Å². The number of unbranched alkanes of at least 4 members (excludes halogenated alkanes) is 11. The lowest BCUT2D eigenvalue weighted by Gasteiger charge is -2.20. The third-order valence-corrected chi connectivity index (χ3v) is 7.82. The molecule has 0 amide bonds. The van der Waals surface area contributed by atoms with Crippen molar-refractivity contribution in [3.05, 3.63) is 36.5 Å². The predicted octanol–water partition coefficient (Wildman–Crippen LogP) is 7.66. The van der Waals surface area contributed by atoms with Crippen molar-refractivity contribution in [2.45, 2.75) is 142 Å². The second-order valence-electron chi connectivity index (χ2n) is 11.1. The molecular formula is C34H61O10P. The van der Waals surface area contributed by atoms with Crippen molar-refractivity contribution < 1.29 is 47.8 Å². The lowest BCUT2D eigenvalue weighted by molar-refractivity contribution is -0.153. The summed E-state index contributed by atoms with van der Waals surface area (Å²) in [7, 11) is -4.62. The summed E-state index contributed by atoms with van der Waals surface area (Å²) < 4.78 is 32.1. The first-order chi connectivity index (χ1) is 21.8. The van der Waals surface area contributed by atoms with Gasteiger partial charge in [0, 0.05) is 12.8 Å². The molecule has 3 unspecified atom stereocenters. The second kappa shape index (κ2) is 30.8. The summed E-state index contributed by atoms with van der Waals surface area (Å²) >= 11 is 0. The second-order valence-corrected chi connectivity index (χ2v) is 12.6. The van der Waals surface area contributed by atoms with Gasteiger partial charge in [0.2, 0.25) is 0 Å². The molecule has 262 valence electrons. The highest BCUT2D eigenvalue weighted by Gasteiger charge is 2.27. The maximum Gasteiger partial charge on any atom is 0.472 e. The Labute approximate surface area is 271 Å². The summed E-state index contributed by atoms with van der Waals surface area (Å²) in [5.41, 5.74) is 0. The fraction of sp³-hybridized carbons (Fsp3) is 0.765. The minimum Gasteiger partial charge on any atom is -0.457 e. The van der Waals surface area contributed by atoms with E-state index in [0.717, 1.165) is 77.0 Å². The molecule has 0 aromatic carbocycles. The summed E-state index contributed by atoms with van der Waals surface area (Å²) in [4.78, 5) is 34.0. The van der Waals surface area contributed by atoms with Gasteiger partial charge >= 0.3 is 19.8 Å². The number of phosphoric acid groups is 1. The molecule has 3 atom stereocenters. The van der Waals surface area contributed by atoms with Crippen LogP contribution >= 0.6 is 7.82 Å². The Bertz CT molecular complexity index is 858. The van der Waals surface area contributed by atoms with Crippen LogP contribution in [0.4, 0.5) is 0 Å². The van der Waals surface area contributed by atoms with Gasteiger partial charge in [-0.2, -0.15) is 0 Å². The van der Waals surface area contributed by atoms with E-state index in [1.807, 2.05) is 0 Å². The number of hydrogen-bond donors (Lipinski definition) is 3. The number of ether oxygens (including phenoxy) is 2. The Balaban J connectivity index is 3.98. The van der Waals surface area contributed by atoms with Crippen LogP contribution in [0.3, 0.4) is 0 Å². The van der Waals surface area contributed by atoms with Gasteiger partial charge in [-0.3, -0.25) is 18.6 Å². The van der Waals surface area contributed by atoms with Crippen LogP contribution < -0.4 is 0 Å². The van der Waals surface area contributed by atoms with Crippen molar-refractivity contribution >= 4 is 19.8 Å². The normalized spacial score (nSPS) is 14.7. The predicted molar refractivity (Wildman–Crippen MR) is 178 cm³/mol. The molecule has 0 heterocycles. The van der Waals surface area contributed by atoms with Crippen molar-refractivity contribution in [3.63, 3.8) is 0 Å². The fourth-order valence-corrected chi connectivity index (χ4v) is 5.03. The standard InChI is InChI=1S/C34H61O10P/c1-3-5-7-9-10-11-12-13-14-15-16-17-18-19-20-22-24-26-34(38)44-32(28-36)30-42-45(39,40)41-29-31(27-35)43-33(37)25-23-21-8-6-4-2/h5,7,10-11,13-14,31-32,35-36H,3-4,6,8-9,12,15-30H2,1-2H3,(H,39,40)/b7-5-,11-10-,14-13-. The first kappa shape index (κ1) is 43.2. The number of aliphatic hydroxyl groups excluding tert-OH is 2. The van der Waals surface area contributed by atoms with Gasteiger partial charge in [0.05, 0.1) is 26.4 Å². The van der Waals surface area contributed by atoms with E-state index in [9.17, 15) is 29.3 Å². The highest BCUT2D eigenvalue weighted by Crippen LogP contribution is 2.43. The Hall–Kier alpha value is -1.81. The van der Waals surface area contributed by atoms with E-state index in [0.29, 0.717) is 12.8 Å². The number of aliphatic hydroxyl groups is 2. The number of hydrogen-bond acceptors (Lipinski definition) is 9. The van der Waals surface area contributed by atoms with E-state index < -0.39 is 58.4 Å². The topological polar surface area (TPSA) is 149 Å². The molecule has 3 N–H and O–H groups in total. The lowest BCUT2D eigenvalue weighted by atomic mass is 10.1. The molecule has 0 bridgehead atoms. The summed E-state index contributed by atoms with van der Waals surface area (Å²) in [5.74, 6) is -1.04. The molecule has 0 radical (unpaired) electrons. The largest absolute Gasteiger partial charge is 0.472 e. The van der Waals surface area contributed by atoms with Crippen LogP contribution in [0.25, 0.3) is 0 Å². The highest BCUT2D eigenvalue weighted by molar-refractivity contribution is 7.47. The molecule has 0 rings (SSSR count). The smallest absolute Gasteiger partial charge is 0.457 e. The van der Waals surface area contributed by atoms with E-state index in [-0.39, 0.29) is 12.8 Å². The van der Waals surface area contributed by atoms with Gasteiger partial charge in [-0.1, -0.05) is 108 Å². The highest BCUT2D eigenvalue weighted by atomic mass is 31.2. The number of carbonyl (C=O) groups excluding carboxylic acids is 2.